The molecule has 0 aliphatic carbocycles. The van der Waals surface area contributed by atoms with E-state index in [9.17, 15) is 0 Å². The Labute approximate surface area is 145 Å². The van der Waals surface area contributed by atoms with Crippen molar-refractivity contribution in [3.8, 4) is 0 Å². The van der Waals surface area contributed by atoms with Crippen LogP contribution in [0.25, 0.3) is 0 Å². The summed E-state index contributed by atoms with van der Waals surface area (Å²) >= 11 is 0. The number of hydrogen-bond donors (Lipinski definition) is 0. The molecule has 0 rings (SSSR count). The van der Waals surface area contributed by atoms with Crippen LogP contribution in [0.4, 0.5) is 0 Å². The van der Waals surface area contributed by atoms with Crippen molar-refractivity contribution >= 4 is 33.3 Å². The molecule has 0 aromatic carbocycles. The van der Waals surface area contributed by atoms with E-state index in [4.69, 9.17) is 8.23 Å². The minimum absolute atomic E-state index is 0.731. The predicted molar refractivity (Wildman–Crippen MR) is 114 cm³/mol. The summed E-state index contributed by atoms with van der Waals surface area (Å²) in [5.74, 6) is 0. The molecule has 0 bridgehead atoms. The van der Waals surface area contributed by atoms with Crippen molar-refractivity contribution < 1.29 is 8.23 Å². The van der Waals surface area contributed by atoms with Crippen molar-refractivity contribution in [3.63, 3.8) is 0 Å². The highest BCUT2D eigenvalue weighted by molar-refractivity contribution is 6.85. The summed E-state index contributed by atoms with van der Waals surface area (Å²) in [4.78, 5) is 0. The van der Waals surface area contributed by atoms with E-state index >= 15 is 0 Å². The monoisotopic (exact) mass is 380 g/mol. The quantitative estimate of drug-likeness (QED) is 0.466. The van der Waals surface area contributed by atoms with Gasteiger partial charge in [-0.3, -0.25) is 0 Å². The van der Waals surface area contributed by atoms with Crippen LogP contribution >= 0.6 is 0 Å². The number of hydrogen-bond acceptors (Lipinski definition) is 2. The van der Waals surface area contributed by atoms with E-state index in [2.05, 4.69) is 93.2 Å². The highest BCUT2D eigenvalue weighted by atomic mass is 28.4. The topological polar surface area (TPSA) is 18.5 Å². The lowest BCUT2D eigenvalue weighted by Crippen LogP contribution is -2.44. The Kier molecular flexibility index (Phi) is 9.97. The second-order valence-corrected chi connectivity index (χ2v) is 28.8. The summed E-state index contributed by atoms with van der Waals surface area (Å²) in [6.07, 6.45) is 0. The van der Waals surface area contributed by atoms with E-state index in [1.807, 2.05) is 0 Å². The SMILES string of the molecule is CC(C)[Si](C)(C)O[Si](C)(C)C.CC(C)[Si](C)(C)O[Si](C)(C)C. The summed E-state index contributed by atoms with van der Waals surface area (Å²) < 4.78 is 12.3. The van der Waals surface area contributed by atoms with Crippen molar-refractivity contribution in [3.05, 3.63) is 0 Å². The zero-order valence-electron chi connectivity index (χ0n) is 18.0. The predicted octanol–water partition coefficient (Wildman–Crippen LogP) is 6.91. The first-order valence-electron chi connectivity index (χ1n) is 8.70. The molecule has 22 heavy (non-hydrogen) atoms. The van der Waals surface area contributed by atoms with Gasteiger partial charge in [-0.1, -0.05) is 27.7 Å². The van der Waals surface area contributed by atoms with Crippen LogP contribution in [0.15, 0.2) is 0 Å². The van der Waals surface area contributed by atoms with Gasteiger partial charge in [0.1, 0.15) is 0 Å². The summed E-state index contributed by atoms with van der Waals surface area (Å²) in [6, 6.07) is 0. The molecule has 2 nitrogen and oxygen atoms in total. The molecule has 0 unspecified atom stereocenters. The molecular weight excluding hydrogens is 337 g/mol. The van der Waals surface area contributed by atoms with Crippen LogP contribution in [0.5, 0.6) is 0 Å². The van der Waals surface area contributed by atoms with Gasteiger partial charge in [0, 0.05) is 0 Å². The fraction of sp³-hybridized carbons (Fsp3) is 1.00. The molecule has 0 saturated carbocycles. The Morgan fingerprint density at radius 2 is 0.636 bits per heavy atom. The summed E-state index contributed by atoms with van der Waals surface area (Å²) in [5.41, 5.74) is 1.46. The Balaban J connectivity index is 0. The van der Waals surface area contributed by atoms with Gasteiger partial charge in [0.2, 0.25) is 0 Å². The lowest BCUT2D eigenvalue weighted by atomic mass is 10.6. The van der Waals surface area contributed by atoms with E-state index in [0.717, 1.165) is 11.1 Å². The summed E-state index contributed by atoms with van der Waals surface area (Å²) in [6.45, 7) is 32.0. The van der Waals surface area contributed by atoms with Gasteiger partial charge in [0.15, 0.2) is 33.3 Å². The van der Waals surface area contributed by atoms with Gasteiger partial charge in [-0.05, 0) is 76.6 Å². The third-order valence-electron chi connectivity index (χ3n) is 3.92. The second kappa shape index (κ2) is 8.76. The van der Waals surface area contributed by atoms with Gasteiger partial charge in [0.05, 0.1) is 0 Å². The molecule has 0 fully saturated rings. The zero-order chi connectivity index (χ0) is 18.6. The minimum Gasteiger partial charge on any atom is -0.456 e. The first-order valence-corrected chi connectivity index (χ1v) is 21.5. The molecule has 136 valence electrons. The summed E-state index contributed by atoms with van der Waals surface area (Å²) in [7, 11) is -5.30. The van der Waals surface area contributed by atoms with E-state index in [0.29, 0.717) is 0 Å². The highest BCUT2D eigenvalue weighted by Gasteiger charge is 2.33. The van der Waals surface area contributed by atoms with Crippen LogP contribution in [0.2, 0.25) is 76.6 Å². The lowest BCUT2D eigenvalue weighted by Gasteiger charge is -2.34. The second-order valence-electron chi connectivity index (χ2n) is 9.95. The normalized spacial score (nSPS) is 14.2. The van der Waals surface area contributed by atoms with E-state index < -0.39 is 33.3 Å². The molecule has 0 aliphatic heterocycles. The van der Waals surface area contributed by atoms with Gasteiger partial charge < -0.3 is 8.23 Å². The molecule has 0 atom stereocenters. The maximum absolute atomic E-state index is 6.16. The lowest BCUT2D eigenvalue weighted by molar-refractivity contribution is 0.532. The Morgan fingerprint density at radius 1 is 0.455 bits per heavy atom. The average Bonchev–Trinajstić information content (AvgIpc) is 2.09. The van der Waals surface area contributed by atoms with Crippen molar-refractivity contribution in [2.24, 2.45) is 0 Å². The minimum atomic E-state index is -1.35. The van der Waals surface area contributed by atoms with E-state index in [-0.39, 0.29) is 0 Å². The van der Waals surface area contributed by atoms with E-state index in [1.165, 1.54) is 0 Å². The van der Waals surface area contributed by atoms with Gasteiger partial charge in [0.25, 0.3) is 0 Å². The van der Waals surface area contributed by atoms with Crippen LogP contribution in [0.3, 0.4) is 0 Å². The molecule has 0 saturated heterocycles. The Bertz CT molecular complexity index is 281. The van der Waals surface area contributed by atoms with Crippen LogP contribution in [-0.2, 0) is 8.23 Å². The van der Waals surface area contributed by atoms with Crippen LogP contribution < -0.4 is 0 Å². The third-order valence-corrected chi connectivity index (χ3v) is 18.6. The summed E-state index contributed by atoms with van der Waals surface area (Å²) in [5, 5.41) is 0. The van der Waals surface area contributed by atoms with Crippen LogP contribution in [0.1, 0.15) is 27.7 Å². The molecule has 0 amide bonds. The molecule has 0 N–H and O–H groups in total. The molecule has 0 aliphatic rings. The van der Waals surface area contributed by atoms with Gasteiger partial charge in [-0.25, -0.2) is 0 Å². The molecule has 6 heteroatoms. The molecule has 0 spiro atoms. The van der Waals surface area contributed by atoms with Gasteiger partial charge in [-0.15, -0.1) is 0 Å². The van der Waals surface area contributed by atoms with Crippen LogP contribution in [0, 0.1) is 0 Å². The number of rotatable bonds is 6. The Morgan fingerprint density at radius 3 is 0.682 bits per heavy atom. The fourth-order valence-corrected chi connectivity index (χ4v) is 16.3. The highest BCUT2D eigenvalue weighted by Crippen LogP contribution is 2.26. The first-order chi connectivity index (χ1) is 9.30. The van der Waals surface area contributed by atoms with Gasteiger partial charge in [-0.2, -0.15) is 0 Å². The first kappa shape index (κ1) is 25.0. The van der Waals surface area contributed by atoms with Crippen molar-refractivity contribution in [1.82, 2.24) is 0 Å². The van der Waals surface area contributed by atoms with Gasteiger partial charge >= 0.3 is 0 Å². The largest absolute Gasteiger partial charge is 0.456 e. The maximum atomic E-state index is 6.16. The molecule has 0 heterocycles. The molecule has 0 aromatic rings. The third kappa shape index (κ3) is 13.2. The van der Waals surface area contributed by atoms with E-state index in [1.54, 1.807) is 0 Å². The standard InChI is InChI=1S/2C8H22OSi2/c2*1-8(2)11(6,7)9-10(3,4)5/h2*8H,1-7H3. The molecule has 0 radical (unpaired) electrons. The maximum Gasteiger partial charge on any atom is 0.176 e. The Hall–Kier alpha value is 0.788. The van der Waals surface area contributed by atoms with Crippen molar-refractivity contribution in [2.45, 2.75) is 104 Å². The molecule has 0 aromatic heterocycles. The smallest absolute Gasteiger partial charge is 0.176 e. The van der Waals surface area contributed by atoms with Crippen molar-refractivity contribution in [1.29, 1.82) is 0 Å². The average molecular weight is 381 g/mol. The fourth-order valence-electron chi connectivity index (χ4n) is 1.81. The zero-order valence-corrected chi connectivity index (χ0v) is 22.0. The van der Waals surface area contributed by atoms with Crippen LogP contribution in [-0.4, -0.2) is 33.3 Å². The molecular formula is C16H44O2Si4. The van der Waals surface area contributed by atoms with Crippen molar-refractivity contribution in [2.75, 3.05) is 0 Å².